The van der Waals surface area contributed by atoms with E-state index in [0.29, 0.717) is 10.5 Å². The van der Waals surface area contributed by atoms with Gasteiger partial charge in [-0.25, -0.2) is 8.78 Å². The highest BCUT2D eigenvalue weighted by Crippen LogP contribution is 2.13. The molecule has 2 aromatic carbocycles. The molecule has 0 unspecified atom stereocenters. The Hall–Kier alpha value is -1.88. The van der Waals surface area contributed by atoms with Gasteiger partial charge < -0.3 is 5.32 Å². The molecule has 19 heavy (non-hydrogen) atoms. The van der Waals surface area contributed by atoms with Crippen LogP contribution in [0.5, 0.6) is 0 Å². The Kier molecular flexibility index (Phi) is 4.16. The van der Waals surface area contributed by atoms with Crippen LogP contribution < -0.4 is 5.32 Å². The van der Waals surface area contributed by atoms with Gasteiger partial charge in [-0.15, -0.1) is 12.6 Å². The predicted octanol–water partition coefficient (Wildman–Crippen LogP) is 3.18. The van der Waals surface area contributed by atoms with Crippen LogP contribution in [0.3, 0.4) is 0 Å². The van der Waals surface area contributed by atoms with Crippen LogP contribution in [0.4, 0.5) is 8.78 Å². The SMILES string of the molecule is O=C(NCc1cccc(F)c1)c1cc(S)ccc1F. The number of carbonyl (C=O) groups is 1. The second-order valence-electron chi connectivity index (χ2n) is 3.98. The Morgan fingerprint density at radius 1 is 1.16 bits per heavy atom. The zero-order chi connectivity index (χ0) is 13.8. The molecular formula is C14H11F2NOS. The molecule has 98 valence electrons. The summed E-state index contributed by atoms with van der Waals surface area (Å²) in [6.07, 6.45) is 0. The first kappa shape index (κ1) is 13.5. The van der Waals surface area contributed by atoms with E-state index < -0.39 is 11.7 Å². The van der Waals surface area contributed by atoms with Gasteiger partial charge in [0.2, 0.25) is 0 Å². The number of amides is 1. The molecule has 2 aromatic rings. The van der Waals surface area contributed by atoms with Crippen molar-refractivity contribution in [2.75, 3.05) is 0 Å². The number of nitrogens with one attached hydrogen (secondary N) is 1. The fourth-order valence-corrected chi connectivity index (χ4v) is 1.82. The van der Waals surface area contributed by atoms with Crippen molar-refractivity contribution in [3.05, 3.63) is 65.2 Å². The first-order valence-electron chi connectivity index (χ1n) is 5.57. The summed E-state index contributed by atoms with van der Waals surface area (Å²) in [6.45, 7) is 0.132. The number of hydrogen-bond donors (Lipinski definition) is 2. The molecule has 1 N–H and O–H groups in total. The van der Waals surface area contributed by atoms with Crippen molar-refractivity contribution in [1.82, 2.24) is 5.32 Å². The van der Waals surface area contributed by atoms with Gasteiger partial charge in [-0.3, -0.25) is 4.79 Å². The van der Waals surface area contributed by atoms with Crippen molar-refractivity contribution < 1.29 is 13.6 Å². The number of benzene rings is 2. The van der Waals surface area contributed by atoms with E-state index in [0.717, 1.165) is 0 Å². The molecule has 5 heteroatoms. The predicted molar refractivity (Wildman–Crippen MR) is 71.2 cm³/mol. The van der Waals surface area contributed by atoms with Gasteiger partial charge in [0.25, 0.3) is 5.91 Å². The van der Waals surface area contributed by atoms with Crippen LogP contribution in [0.2, 0.25) is 0 Å². The summed E-state index contributed by atoms with van der Waals surface area (Å²) in [5, 5.41) is 2.53. The van der Waals surface area contributed by atoms with E-state index in [4.69, 9.17) is 0 Å². The molecule has 0 bridgehead atoms. The standard InChI is InChI=1S/C14H11F2NOS/c15-10-3-1-2-9(6-10)8-17-14(18)12-7-11(19)4-5-13(12)16/h1-7,19H,8H2,(H,17,18). The van der Waals surface area contributed by atoms with Gasteiger partial charge in [-0.2, -0.15) is 0 Å². The third-order valence-corrected chi connectivity index (χ3v) is 2.81. The zero-order valence-electron chi connectivity index (χ0n) is 9.86. The Morgan fingerprint density at radius 3 is 2.68 bits per heavy atom. The Labute approximate surface area is 114 Å². The van der Waals surface area contributed by atoms with Gasteiger partial charge in [-0.1, -0.05) is 12.1 Å². The number of halogens is 2. The summed E-state index contributed by atoms with van der Waals surface area (Å²) in [5.41, 5.74) is 0.527. The maximum absolute atomic E-state index is 13.5. The van der Waals surface area contributed by atoms with Crippen molar-refractivity contribution in [3.8, 4) is 0 Å². The van der Waals surface area contributed by atoms with E-state index in [1.165, 1.54) is 30.3 Å². The molecule has 0 fully saturated rings. The molecule has 2 nitrogen and oxygen atoms in total. The van der Waals surface area contributed by atoms with Crippen LogP contribution >= 0.6 is 12.6 Å². The largest absolute Gasteiger partial charge is 0.348 e. The molecule has 0 atom stereocenters. The van der Waals surface area contributed by atoms with Crippen LogP contribution in [0.25, 0.3) is 0 Å². The van der Waals surface area contributed by atoms with Crippen LogP contribution in [0.15, 0.2) is 47.4 Å². The topological polar surface area (TPSA) is 29.1 Å². The number of carbonyl (C=O) groups excluding carboxylic acids is 1. The Morgan fingerprint density at radius 2 is 1.95 bits per heavy atom. The third kappa shape index (κ3) is 3.54. The van der Waals surface area contributed by atoms with Crippen molar-refractivity contribution >= 4 is 18.5 Å². The molecule has 0 saturated heterocycles. The van der Waals surface area contributed by atoms with E-state index in [9.17, 15) is 13.6 Å². The molecule has 0 saturated carbocycles. The molecular weight excluding hydrogens is 268 g/mol. The molecule has 2 rings (SSSR count). The molecule has 0 aliphatic heterocycles. The number of rotatable bonds is 3. The lowest BCUT2D eigenvalue weighted by Crippen LogP contribution is -2.23. The van der Waals surface area contributed by atoms with Gasteiger partial charge in [0.1, 0.15) is 11.6 Å². The highest BCUT2D eigenvalue weighted by Gasteiger charge is 2.11. The van der Waals surface area contributed by atoms with Crippen LogP contribution in [0.1, 0.15) is 15.9 Å². The van der Waals surface area contributed by atoms with E-state index in [2.05, 4.69) is 17.9 Å². The highest BCUT2D eigenvalue weighted by molar-refractivity contribution is 7.80. The monoisotopic (exact) mass is 279 g/mol. The fourth-order valence-electron chi connectivity index (χ4n) is 1.61. The normalized spacial score (nSPS) is 10.3. The van der Waals surface area contributed by atoms with Gasteiger partial charge in [0.15, 0.2) is 0 Å². The number of thiol groups is 1. The maximum Gasteiger partial charge on any atom is 0.254 e. The molecule has 0 aromatic heterocycles. The fraction of sp³-hybridized carbons (Fsp3) is 0.0714. The van der Waals surface area contributed by atoms with E-state index in [1.807, 2.05) is 0 Å². The first-order valence-corrected chi connectivity index (χ1v) is 6.02. The second kappa shape index (κ2) is 5.84. The average Bonchev–Trinajstić information content (AvgIpc) is 2.39. The second-order valence-corrected chi connectivity index (χ2v) is 4.49. The molecule has 0 radical (unpaired) electrons. The lowest BCUT2D eigenvalue weighted by Gasteiger charge is -2.07. The molecule has 0 aliphatic rings. The third-order valence-electron chi connectivity index (χ3n) is 2.54. The van der Waals surface area contributed by atoms with E-state index in [1.54, 1.807) is 12.1 Å². The summed E-state index contributed by atoms with van der Waals surface area (Å²) in [7, 11) is 0. The van der Waals surface area contributed by atoms with Crippen molar-refractivity contribution in [3.63, 3.8) is 0 Å². The van der Waals surface area contributed by atoms with Crippen LogP contribution in [0, 0.1) is 11.6 Å². The minimum Gasteiger partial charge on any atom is -0.348 e. The van der Waals surface area contributed by atoms with E-state index >= 15 is 0 Å². The minimum absolute atomic E-state index is 0.0797. The van der Waals surface area contributed by atoms with Gasteiger partial charge in [0.05, 0.1) is 5.56 Å². The smallest absolute Gasteiger partial charge is 0.254 e. The summed E-state index contributed by atoms with van der Waals surface area (Å²) in [6, 6.07) is 9.84. The quantitative estimate of drug-likeness (QED) is 0.830. The summed E-state index contributed by atoms with van der Waals surface area (Å²) < 4.78 is 26.4. The molecule has 0 spiro atoms. The molecule has 0 aliphatic carbocycles. The lowest BCUT2D eigenvalue weighted by atomic mass is 10.2. The maximum atomic E-state index is 13.5. The number of hydrogen-bond acceptors (Lipinski definition) is 2. The van der Waals surface area contributed by atoms with Crippen molar-refractivity contribution in [2.24, 2.45) is 0 Å². The Bertz CT molecular complexity index is 616. The lowest BCUT2D eigenvalue weighted by molar-refractivity contribution is 0.0946. The summed E-state index contributed by atoms with van der Waals surface area (Å²) in [4.78, 5) is 12.3. The average molecular weight is 279 g/mol. The van der Waals surface area contributed by atoms with Gasteiger partial charge in [0, 0.05) is 11.4 Å². The van der Waals surface area contributed by atoms with E-state index in [-0.39, 0.29) is 17.9 Å². The van der Waals surface area contributed by atoms with Crippen molar-refractivity contribution in [1.29, 1.82) is 0 Å². The van der Waals surface area contributed by atoms with Crippen LogP contribution in [-0.4, -0.2) is 5.91 Å². The highest BCUT2D eigenvalue weighted by atomic mass is 32.1. The van der Waals surface area contributed by atoms with Gasteiger partial charge >= 0.3 is 0 Å². The Balaban J connectivity index is 2.07. The molecule has 0 heterocycles. The molecule has 1 amide bonds. The van der Waals surface area contributed by atoms with Crippen molar-refractivity contribution in [2.45, 2.75) is 11.4 Å². The van der Waals surface area contributed by atoms with Crippen LogP contribution in [-0.2, 0) is 6.54 Å². The van der Waals surface area contributed by atoms with Gasteiger partial charge in [-0.05, 0) is 35.9 Å². The first-order chi connectivity index (χ1) is 9.06. The summed E-state index contributed by atoms with van der Waals surface area (Å²) >= 11 is 4.05. The summed E-state index contributed by atoms with van der Waals surface area (Å²) in [5.74, 6) is -1.55. The minimum atomic E-state index is -0.616. The zero-order valence-corrected chi connectivity index (χ0v) is 10.8.